The lowest BCUT2D eigenvalue weighted by Gasteiger charge is -2.34. The molecule has 2 aromatic rings. The third kappa shape index (κ3) is 4.36. The van der Waals surface area contributed by atoms with E-state index in [0.29, 0.717) is 11.4 Å². The average Bonchev–Trinajstić information content (AvgIpc) is 3.24. The number of likely N-dealkylation sites (N-methyl/N-ethyl adjacent to an activating group) is 1. The Labute approximate surface area is 181 Å². The number of aromatic nitrogens is 1. The Morgan fingerprint density at radius 3 is 2.87 bits per heavy atom. The van der Waals surface area contributed by atoms with Crippen LogP contribution in [0, 0.1) is 0 Å². The molecule has 0 radical (unpaired) electrons. The van der Waals surface area contributed by atoms with Crippen LogP contribution in [0.4, 0.5) is 5.69 Å². The van der Waals surface area contributed by atoms with Crippen LogP contribution < -0.4 is 9.64 Å². The Balaban J connectivity index is 1.56. The number of hydrogen-bond acceptors (Lipinski definition) is 5. The summed E-state index contributed by atoms with van der Waals surface area (Å²) in [6, 6.07) is 6.04. The fraction of sp³-hybridized carbons (Fsp3) is 0.522. The summed E-state index contributed by atoms with van der Waals surface area (Å²) in [6.45, 7) is 2.15. The molecule has 0 bridgehead atoms. The van der Waals surface area contributed by atoms with Gasteiger partial charge in [-0.25, -0.2) is 4.98 Å². The van der Waals surface area contributed by atoms with Gasteiger partial charge in [0.25, 0.3) is 5.91 Å². The predicted octanol–water partition coefficient (Wildman–Crippen LogP) is 4.28. The van der Waals surface area contributed by atoms with Gasteiger partial charge in [0.1, 0.15) is 12.3 Å². The Hall–Kier alpha value is -2.41. The van der Waals surface area contributed by atoms with E-state index >= 15 is 0 Å². The highest BCUT2D eigenvalue weighted by Crippen LogP contribution is 2.36. The number of nitrogens with zero attached hydrogens (tertiary/aromatic N) is 3. The number of amides is 2. The Morgan fingerprint density at radius 2 is 2.10 bits per heavy atom. The van der Waals surface area contributed by atoms with Crippen LogP contribution in [0.25, 0.3) is 11.3 Å². The summed E-state index contributed by atoms with van der Waals surface area (Å²) < 4.78 is 5.63. The number of benzene rings is 1. The highest BCUT2D eigenvalue weighted by atomic mass is 32.1. The van der Waals surface area contributed by atoms with E-state index in [-0.39, 0.29) is 31.0 Å². The number of carbonyl (C=O) groups is 2. The maximum absolute atomic E-state index is 13.0. The van der Waals surface area contributed by atoms with Gasteiger partial charge in [0, 0.05) is 24.0 Å². The zero-order chi connectivity index (χ0) is 21.1. The molecule has 6 nitrogen and oxygen atoms in total. The molecular weight excluding hydrogens is 398 g/mol. The van der Waals surface area contributed by atoms with E-state index in [2.05, 4.69) is 6.92 Å². The second kappa shape index (κ2) is 9.16. The van der Waals surface area contributed by atoms with E-state index < -0.39 is 0 Å². The van der Waals surface area contributed by atoms with Crippen molar-refractivity contribution in [1.82, 2.24) is 9.88 Å². The minimum absolute atomic E-state index is 0.0209. The highest BCUT2D eigenvalue weighted by Gasteiger charge is 2.30. The Kier molecular flexibility index (Phi) is 6.37. The lowest BCUT2D eigenvalue weighted by Crippen LogP contribution is -2.48. The van der Waals surface area contributed by atoms with Gasteiger partial charge < -0.3 is 9.64 Å². The van der Waals surface area contributed by atoms with Crippen molar-refractivity contribution in [3.63, 3.8) is 0 Å². The first-order valence-electron chi connectivity index (χ1n) is 10.8. The topological polar surface area (TPSA) is 62.7 Å². The molecule has 0 N–H and O–H groups in total. The zero-order valence-corrected chi connectivity index (χ0v) is 18.5. The van der Waals surface area contributed by atoms with E-state index in [1.807, 2.05) is 35.5 Å². The molecule has 0 spiro atoms. The van der Waals surface area contributed by atoms with Crippen LogP contribution >= 0.6 is 11.3 Å². The van der Waals surface area contributed by atoms with Gasteiger partial charge in [-0.1, -0.05) is 26.2 Å². The molecule has 160 valence electrons. The monoisotopic (exact) mass is 427 g/mol. The third-order valence-corrected chi connectivity index (χ3v) is 6.93. The molecule has 0 saturated heterocycles. The summed E-state index contributed by atoms with van der Waals surface area (Å²) in [7, 11) is 1.87. The molecule has 1 fully saturated rings. The lowest BCUT2D eigenvalue weighted by atomic mass is 9.94. The molecule has 2 amide bonds. The summed E-state index contributed by atoms with van der Waals surface area (Å²) in [5.41, 5.74) is 2.48. The molecular formula is C23H29N3O3S. The molecule has 7 heteroatoms. The van der Waals surface area contributed by atoms with Crippen LogP contribution in [0.3, 0.4) is 0 Å². The number of rotatable bonds is 6. The molecule has 0 atom stereocenters. The van der Waals surface area contributed by atoms with Gasteiger partial charge in [-0.3, -0.25) is 14.5 Å². The summed E-state index contributed by atoms with van der Waals surface area (Å²) in [5, 5.41) is 3.16. The van der Waals surface area contributed by atoms with Crippen LogP contribution in [0.5, 0.6) is 5.75 Å². The fourth-order valence-electron chi connectivity index (χ4n) is 4.23. The molecule has 1 aromatic carbocycles. The quantitative estimate of drug-likeness (QED) is 0.690. The molecule has 0 unspecified atom stereocenters. The van der Waals surface area contributed by atoms with Gasteiger partial charge in [-0.2, -0.15) is 0 Å². The normalized spacial score (nSPS) is 16.9. The first-order chi connectivity index (χ1) is 14.6. The van der Waals surface area contributed by atoms with E-state index in [4.69, 9.17) is 9.72 Å². The van der Waals surface area contributed by atoms with Crippen molar-refractivity contribution in [2.75, 3.05) is 25.1 Å². The van der Waals surface area contributed by atoms with Crippen LogP contribution in [-0.4, -0.2) is 47.9 Å². The molecule has 1 aromatic heterocycles. The first kappa shape index (κ1) is 20.8. The van der Waals surface area contributed by atoms with E-state index in [0.717, 1.165) is 41.9 Å². The number of hydrogen-bond donors (Lipinski definition) is 0. The van der Waals surface area contributed by atoms with Crippen LogP contribution in [0.2, 0.25) is 0 Å². The number of carbonyl (C=O) groups excluding carboxylic acids is 2. The summed E-state index contributed by atoms with van der Waals surface area (Å²) >= 11 is 1.65. The van der Waals surface area contributed by atoms with Crippen molar-refractivity contribution in [1.29, 1.82) is 0 Å². The lowest BCUT2D eigenvalue weighted by molar-refractivity contribution is -0.133. The number of aryl methyl sites for hydroxylation is 1. The van der Waals surface area contributed by atoms with Crippen LogP contribution in [-0.2, 0) is 16.0 Å². The molecule has 30 heavy (non-hydrogen) atoms. The van der Waals surface area contributed by atoms with Gasteiger partial charge in [0.05, 0.1) is 16.4 Å². The van der Waals surface area contributed by atoms with Gasteiger partial charge in [0.2, 0.25) is 5.91 Å². The summed E-state index contributed by atoms with van der Waals surface area (Å²) in [4.78, 5) is 33.7. The van der Waals surface area contributed by atoms with Crippen LogP contribution in [0.15, 0.2) is 23.6 Å². The van der Waals surface area contributed by atoms with Gasteiger partial charge in [0.15, 0.2) is 6.61 Å². The van der Waals surface area contributed by atoms with Crippen molar-refractivity contribution in [3.8, 4) is 17.0 Å². The van der Waals surface area contributed by atoms with Gasteiger partial charge in [-0.15, -0.1) is 11.3 Å². The van der Waals surface area contributed by atoms with Crippen molar-refractivity contribution in [3.05, 3.63) is 28.6 Å². The van der Waals surface area contributed by atoms with Crippen LogP contribution in [0.1, 0.15) is 50.5 Å². The largest absolute Gasteiger partial charge is 0.482 e. The summed E-state index contributed by atoms with van der Waals surface area (Å²) in [5.74, 6) is 0.429. The Morgan fingerprint density at radius 1 is 1.30 bits per heavy atom. The average molecular weight is 428 g/mol. The molecule has 4 rings (SSSR count). The van der Waals surface area contributed by atoms with E-state index in [1.54, 1.807) is 16.2 Å². The standard InChI is InChI=1S/C23H29N3O3S/c1-3-7-21-24-18(15-30-21)16-10-11-20-19(12-16)26(23(28)14-29-20)13-22(27)25(2)17-8-5-4-6-9-17/h10-12,15,17H,3-9,13-14H2,1-2H3. The van der Waals surface area contributed by atoms with Crippen molar-refractivity contribution < 1.29 is 14.3 Å². The first-order valence-corrected chi connectivity index (χ1v) is 11.7. The molecule has 1 saturated carbocycles. The van der Waals surface area contributed by atoms with Gasteiger partial charge >= 0.3 is 0 Å². The predicted molar refractivity (Wildman–Crippen MR) is 119 cm³/mol. The zero-order valence-electron chi connectivity index (χ0n) is 17.7. The molecule has 2 heterocycles. The third-order valence-electron chi connectivity index (χ3n) is 6.02. The van der Waals surface area contributed by atoms with Gasteiger partial charge in [-0.05, 0) is 43.9 Å². The minimum atomic E-state index is -0.185. The smallest absolute Gasteiger partial charge is 0.265 e. The van der Waals surface area contributed by atoms with Crippen molar-refractivity contribution >= 4 is 28.8 Å². The Bertz CT molecular complexity index is 920. The second-order valence-corrected chi connectivity index (χ2v) is 9.07. The number of thiazole rings is 1. The van der Waals surface area contributed by atoms with E-state index in [1.165, 1.54) is 19.3 Å². The van der Waals surface area contributed by atoms with E-state index in [9.17, 15) is 9.59 Å². The number of fused-ring (bicyclic) bond motifs is 1. The summed E-state index contributed by atoms with van der Waals surface area (Å²) in [6.07, 6.45) is 7.69. The molecule has 1 aliphatic heterocycles. The maximum atomic E-state index is 13.0. The highest BCUT2D eigenvalue weighted by molar-refractivity contribution is 7.09. The number of anilines is 1. The minimum Gasteiger partial charge on any atom is -0.482 e. The van der Waals surface area contributed by atoms with Crippen molar-refractivity contribution in [2.24, 2.45) is 0 Å². The SMILES string of the molecule is CCCc1nc(-c2ccc3c(c2)N(CC(=O)N(C)C2CCCCC2)C(=O)CO3)cs1. The van der Waals surface area contributed by atoms with Crippen molar-refractivity contribution in [2.45, 2.75) is 57.9 Å². The maximum Gasteiger partial charge on any atom is 0.265 e. The molecule has 2 aliphatic rings. The number of ether oxygens (including phenoxy) is 1. The fourth-order valence-corrected chi connectivity index (χ4v) is 5.14. The molecule has 1 aliphatic carbocycles. The second-order valence-electron chi connectivity index (χ2n) is 8.12.